The quantitative estimate of drug-likeness (QED) is 0.0881. The van der Waals surface area contributed by atoms with Crippen LogP contribution in [0.3, 0.4) is 0 Å². The third-order valence-corrected chi connectivity index (χ3v) is 19.4. The molecule has 10 nitrogen and oxygen atoms in total. The third-order valence-electron chi connectivity index (χ3n) is 13.1. The van der Waals surface area contributed by atoms with Crippen LogP contribution in [0.1, 0.15) is 73.3 Å². The molecule has 310 valence electrons. The van der Waals surface area contributed by atoms with Gasteiger partial charge in [0.2, 0.25) is 5.88 Å². The zero-order chi connectivity index (χ0) is 41.1. The van der Waals surface area contributed by atoms with Crippen LogP contribution in [0.2, 0.25) is 16.6 Å². The predicted molar refractivity (Wildman–Crippen MR) is 221 cm³/mol. The zero-order valence-corrected chi connectivity index (χ0v) is 35.8. The summed E-state index contributed by atoms with van der Waals surface area (Å²) in [5.41, 5.74) is 4.38. The van der Waals surface area contributed by atoms with Gasteiger partial charge in [0.15, 0.2) is 12.6 Å². The van der Waals surface area contributed by atoms with Gasteiger partial charge in [0, 0.05) is 37.6 Å². The molecule has 8 rings (SSSR count). The van der Waals surface area contributed by atoms with Crippen LogP contribution >= 0.6 is 0 Å². The van der Waals surface area contributed by atoms with Gasteiger partial charge in [0.25, 0.3) is 0 Å². The molecule has 3 fully saturated rings. The minimum atomic E-state index is -2.32. The van der Waals surface area contributed by atoms with Crippen LogP contribution in [-0.2, 0) is 9.47 Å². The van der Waals surface area contributed by atoms with Crippen LogP contribution in [-0.4, -0.2) is 105 Å². The first-order chi connectivity index (χ1) is 27.8. The molecule has 0 bridgehead atoms. The van der Waals surface area contributed by atoms with Crippen LogP contribution in [0.4, 0.5) is 19.0 Å². The van der Waals surface area contributed by atoms with Gasteiger partial charge in [-0.25, -0.2) is 18.2 Å². The number of benzene rings is 2. The van der Waals surface area contributed by atoms with Crippen molar-refractivity contribution in [2.24, 2.45) is 0 Å². The number of hydrogen-bond acceptors (Lipinski definition) is 10. The number of methoxy groups -OCH3 is 1. The van der Waals surface area contributed by atoms with E-state index >= 15 is 8.78 Å². The molecule has 14 heteroatoms. The van der Waals surface area contributed by atoms with E-state index in [1.807, 2.05) is 6.92 Å². The molecule has 0 aliphatic carbocycles. The molecule has 0 spiro atoms. The standard InChI is InChI=1S/C44H54F3N5O5Si/c1-25(2)58(26(3)4,27(5)6)17-12-32-34(46)11-10-29-18-31(56-24-53-8)19-33(36(29)32)39-38(47)40-37-41(52-15-16-54-22-35(52)28(7)57-42(37)48-39)50-43(49-40)55-23-44-13-9-14-51(44)21-30(45)20-44/h10-11,18-19,25-28,30,35H,9,13-16,20-24H2,1-8H3/t28-,30+,35-,44-/m0/s1. The molecule has 4 aromatic rings. The average Bonchev–Trinajstić information content (AvgIpc) is 3.69. The molecule has 58 heavy (non-hydrogen) atoms. The predicted octanol–water partition coefficient (Wildman–Crippen LogP) is 8.62. The van der Waals surface area contributed by atoms with E-state index in [-0.39, 0.29) is 53.7 Å². The molecular formula is C44H54F3N5O5Si. The summed E-state index contributed by atoms with van der Waals surface area (Å²) in [4.78, 5) is 18.8. The molecule has 0 N–H and O–H groups in total. The second kappa shape index (κ2) is 15.8. The highest BCUT2D eigenvalue weighted by Gasteiger charge is 2.50. The van der Waals surface area contributed by atoms with Crippen molar-refractivity contribution in [1.82, 2.24) is 19.9 Å². The molecule has 2 aromatic carbocycles. The van der Waals surface area contributed by atoms with Crippen LogP contribution < -0.4 is 19.1 Å². The number of fused-ring (bicyclic) bond motifs is 4. The Morgan fingerprint density at radius 2 is 1.78 bits per heavy atom. The zero-order valence-electron chi connectivity index (χ0n) is 34.8. The molecule has 0 amide bonds. The van der Waals surface area contributed by atoms with Gasteiger partial charge in [-0.1, -0.05) is 53.5 Å². The first-order valence-corrected chi connectivity index (χ1v) is 22.9. The van der Waals surface area contributed by atoms with Gasteiger partial charge in [-0.3, -0.25) is 4.90 Å². The van der Waals surface area contributed by atoms with Gasteiger partial charge in [-0.2, -0.15) is 9.97 Å². The second-order valence-corrected chi connectivity index (χ2v) is 22.9. The summed E-state index contributed by atoms with van der Waals surface area (Å²) < 4.78 is 78.9. The van der Waals surface area contributed by atoms with Gasteiger partial charge in [0.1, 0.15) is 60.9 Å². The van der Waals surface area contributed by atoms with Crippen molar-refractivity contribution in [1.29, 1.82) is 0 Å². The Labute approximate surface area is 339 Å². The maximum atomic E-state index is 17.8. The van der Waals surface area contributed by atoms with E-state index in [0.29, 0.717) is 77.1 Å². The summed E-state index contributed by atoms with van der Waals surface area (Å²) in [5, 5.41) is 1.29. The van der Waals surface area contributed by atoms with Crippen molar-refractivity contribution >= 4 is 35.6 Å². The van der Waals surface area contributed by atoms with Gasteiger partial charge in [-0.15, -0.1) is 5.54 Å². The highest BCUT2D eigenvalue weighted by molar-refractivity contribution is 6.90. The number of nitrogens with zero attached hydrogens (tertiary/aromatic N) is 5. The Bertz CT molecular complexity index is 2260. The average molecular weight is 818 g/mol. The van der Waals surface area contributed by atoms with Gasteiger partial charge < -0.3 is 28.6 Å². The van der Waals surface area contributed by atoms with Crippen molar-refractivity contribution in [3.63, 3.8) is 0 Å². The Morgan fingerprint density at radius 3 is 2.52 bits per heavy atom. The maximum absolute atomic E-state index is 17.8. The van der Waals surface area contributed by atoms with Gasteiger partial charge in [0.05, 0.1) is 30.4 Å². The molecule has 4 aliphatic rings. The summed E-state index contributed by atoms with van der Waals surface area (Å²) in [6.07, 6.45) is 0.726. The summed E-state index contributed by atoms with van der Waals surface area (Å²) in [6.45, 7) is 17.7. The van der Waals surface area contributed by atoms with Crippen LogP contribution in [0.25, 0.3) is 32.9 Å². The van der Waals surface area contributed by atoms with E-state index in [0.717, 1.165) is 19.4 Å². The topological polar surface area (TPSA) is 91.3 Å². The van der Waals surface area contributed by atoms with Crippen molar-refractivity contribution < 1.29 is 36.9 Å². The SMILES string of the molecule is COCOc1cc(-c2nc3c4c(nc(OC[C@@]56CCCN5C[C@H](F)C6)nc4c2F)N2CCOC[C@H]2[C@H](C)O3)c2c(C#C[Si](C(C)C)(C(C)C)C(C)C)c(F)ccc2c1. The smallest absolute Gasteiger partial charge is 0.319 e. The van der Waals surface area contributed by atoms with Crippen molar-refractivity contribution in [2.75, 3.05) is 58.3 Å². The van der Waals surface area contributed by atoms with E-state index in [1.165, 1.54) is 13.2 Å². The van der Waals surface area contributed by atoms with Crippen molar-refractivity contribution in [3.05, 3.63) is 41.5 Å². The number of hydrogen-bond donors (Lipinski definition) is 0. The van der Waals surface area contributed by atoms with E-state index in [4.69, 9.17) is 38.6 Å². The lowest BCUT2D eigenvalue weighted by molar-refractivity contribution is 0.0512. The minimum absolute atomic E-state index is 0.0233. The number of halogens is 3. The molecule has 0 unspecified atom stereocenters. The number of ether oxygens (including phenoxy) is 5. The normalized spacial score (nSPS) is 23.3. The summed E-state index contributed by atoms with van der Waals surface area (Å²) >= 11 is 0. The molecule has 0 radical (unpaired) electrons. The summed E-state index contributed by atoms with van der Waals surface area (Å²) in [6, 6.07) is 6.17. The molecule has 4 atom stereocenters. The van der Waals surface area contributed by atoms with E-state index in [1.54, 1.807) is 18.2 Å². The monoisotopic (exact) mass is 817 g/mol. The highest BCUT2D eigenvalue weighted by Crippen LogP contribution is 2.46. The maximum Gasteiger partial charge on any atom is 0.319 e. The van der Waals surface area contributed by atoms with Crippen molar-refractivity contribution in [3.8, 4) is 40.4 Å². The molecule has 2 aromatic heterocycles. The number of aromatic nitrogens is 3. The fourth-order valence-corrected chi connectivity index (χ4v) is 15.6. The largest absolute Gasteiger partial charge is 0.472 e. The molecular weight excluding hydrogens is 764 g/mol. The fourth-order valence-electron chi connectivity index (χ4n) is 10.4. The molecule has 4 aliphatic heterocycles. The Morgan fingerprint density at radius 1 is 1.00 bits per heavy atom. The van der Waals surface area contributed by atoms with E-state index < -0.39 is 37.5 Å². The molecule has 0 saturated carbocycles. The number of morpholine rings is 1. The van der Waals surface area contributed by atoms with Gasteiger partial charge in [-0.05, 0) is 66.5 Å². The van der Waals surface area contributed by atoms with Crippen molar-refractivity contribution in [2.45, 2.75) is 108 Å². The lowest BCUT2D eigenvalue weighted by Gasteiger charge is -2.38. The second-order valence-electron chi connectivity index (χ2n) is 17.3. The Hall–Kier alpha value is -4.16. The lowest BCUT2D eigenvalue weighted by Crippen LogP contribution is -2.52. The highest BCUT2D eigenvalue weighted by atomic mass is 28.3. The fraction of sp³-hybridized carbons (Fsp3) is 0.568. The third kappa shape index (κ3) is 6.85. The first-order valence-electron chi connectivity index (χ1n) is 20.6. The number of alkyl halides is 1. The molecule has 6 heterocycles. The summed E-state index contributed by atoms with van der Waals surface area (Å²) in [7, 11) is -0.808. The van der Waals surface area contributed by atoms with Crippen LogP contribution in [0.15, 0.2) is 24.3 Å². The Balaban J connectivity index is 1.37. The summed E-state index contributed by atoms with van der Waals surface area (Å²) in [5.74, 6) is 3.00. The first kappa shape index (κ1) is 40.6. The Kier molecular flexibility index (Phi) is 11.1. The van der Waals surface area contributed by atoms with Crippen LogP contribution in [0.5, 0.6) is 17.6 Å². The van der Waals surface area contributed by atoms with E-state index in [9.17, 15) is 4.39 Å². The lowest BCUT2D eigenvalue weighted by atomic mass is 9.95. The van der Waals surface area contributed by atoms with Gasteiger partial charge >= 0.3 is 6.01 Å². The van der Waals surface area contributed by atoms with E-state index in [2.05, 4.69) is 62.8 Å². The minimum Gasteiger partial charge on any atom is -0.472 e. The number of anilines is 1. The number of rotatable bonds is 10. The van der Waals surface area contributed by atoms with Crippen LogP contribution in [0, 0.1) is 23.1 Å². The molecule has 3 saturated heterocycles. The number of pyridine rings is 1.